The van der Waals surface area contributed by atoms with E-state index >= 15 is 0 Å². The highest BCUT2D eigenvalue weighted by Crippen LogP contribution is 2.24. The van der Waals surface area contributed by atoms with E-state index in [1.807, 2.05) is 0 Å². The first-order valence-electron chi connectivity index (χ1n) is 7.04. The number of carbonyl (C=O) groups excluding carboxylic acids is 1. The average Bonchev–Trinajstić information content (AvgIpc) is 3.08. The smallest absolute Gasteiger partial charge is 0.291 e. The van der Waals surface area contributed by atoms with Gasteiger partial charge in [-0.1, -0.05) is 27.5 Å². The van der Waals surface area contributed by atoms with Gasteiger partial charge in [-0.25, -0.2) is 8.42 Å². The molecule has 5 nitrogen and oxygen atoms in total. The highest BCUT2D eigenvalue weighted by molar-refractivity contribution is 9.10. The summed E-state index contributed by atoms with van der Waals surface area (Å²) in [5, 5.41) is 2.75. The Morgan fingerprint density at radius 2 is 1.60 bits per heavy atom. The van der Waals surface area contributed by atoms with Gasteiger partial charge in [0.25, 0.3) is 5.91 Å². The van der Waals surface area contributed by atoms with Gasteiger partial charge in [-0.3, -0.25) is 4.79 Å². The zero-order chi connectivity index (χ0) is 18.0. The molecule has 1 heterocycles. The molecular weight excluding hydrogens is 430 g/mol. The lowest BCUT2D eigenvalue weighted by molar-refractivity contribution is 0.0991. The molecule has 3 aromatic rings. The van der Waals surface area contributed by atoms with Crippen LogP contribution in [-0.4, -0.2) is 14.3 Å². The van der Waals surface area contributed by atoms with Gasteiger partial charge in [-0.05, 0) is 60.7 Å². The second-order valence-corrected chi connectivity index (χ2v) is 8.27. The average molecular weight is 441 g/mol. The quantitative estimate of drug-likeness (QED) is 0.633. The fourth-order valence-electron chi connectivity index (χ4n) is 2.04. The van der Waals surface area contributed by atoms with E-state index < -0.39 is 15.7 Å². The standard InChI is InChI=1S/C17H11BrClNO4S/c18-11-1-5-13(6-2-11)20-17(21)15-9-10-16(24-15)25(22,23)14-7-3-12(19)4-8-14/h1-10H,(H,20,21). The Bertz CT molecular complexity index is 1010. The second kappa shape index (κ2) is 7.03. The number of anilines is 1. The van der Waals surface area contributed by atoms with E-state index in [1.165, 1.54) is 36.4 Å². The fourth-order valence-corrected chi connectivity index (χ4v) is 3.61. The topological polar surface area (TPSA) is 76.4 Å². The van der Waals surface area contributed by atoms with Gasteiger partial charge in [-0.15, -0.1) is 0 Å². The SMILES string of the molecule is O=C(Nc1ccc(Br)cc1)c1ccc(S(=O)(=O)c2ccc(Cl)cc2)o1. The second-order valence-electron chi connectivity index (χ2n) is 5.04. The molecule has 1 aromatic heterocycles. The van der Waals surface area contributed by atoms with Gasteiger partial charge in [0.05, 0.1) is 4.90 Å². The number of rotatable bonds is 4. The van der Waals surface area contributed by atoms with Crippen LogP contribution in [0.15, 0.2) is 79.5 Å². The van der Waals surface area contributed by atoms with Crippen molar-refractivity contribution in [3.63, 3.8) is 0 Å². The van der Waals surface area contributed by atoms with Gasteiger partial charge in [0.1, 0.15) is 0 Å². The van der Waals surface area contributed by atoms with E-state index in [4.69, 9.17) is 16.0 Å². The van der Waals surface area contributed by atoms with Crippen LogP contribution in [0.2, 0.25) is 5.02 Å². The molecular formula is C17H11BrClNO4S. The van der Waals surface area contributed by atoms with Crippen LogP contribution in [-0.2, 0) is 9.84 Å². The molecule has 0 aliphatic carbocycles. The molecule has 2 aromatic carbocycles. The Balaban J connectivity index is 1.82. The molecule has 0 unspecified atom stereocenters. The summed E-state index contributed by atoms with van der Waals surface area (Å²) >= 11 is 9.07. The molecule has 0 atom stereocenters. The zero-order valence-corrected chi connectivity index (χ0v) is 15.7. The van der Waals surface area contributed by atoms with Crippen molar-refractivity contribution in [3.8, 4) is 0 Å². The molecule has 8 heteroatoms. The molecule has 25 heavy (non-hydrogen) atoms. The third-order valence-corrected chi connectivity index (χ3v) is 5.72. The lowest BCUT2D eigenvalue weighted by atomic mass is 10.3. The monoisotopic (exact) mass is 439 g/mol. The summed E-state index contributed by atoms with van der Waals surface area (Å²) in [6, 6.07) is 15.2. The highest BCUT2D eigenvalue weighted by atomic mass is 79.9. The number of halogens is 2. The molecule has 0 fully saturated rings. The highest BCUT2D eigenvalue weighted by Gasteiger charge is 2.23. The number of carbonyl (C=O) groups is 1. The maximum absolute atomic E-state index is 12.5. The molecule has 0 radical (unpaired) electrons. The van der Waals surface area contributed by atoms with Crippen LogP contribution in [0.3, 0.4) is 0 Å². The maximum Gasteiger partial charge on any atom is 0.291 e. The number of amides is 1. The van der Waals surface area contributed by atoms with E-state index in [9.17, 15) is 13.2 Å². The van der Waals surface area contributed by atoms with E-state index in [1.54, 1.807) is 24.3 Å². The summed E-state index contributed by atoms with van der Waals surface area (Å²) in [6.07, 6.45) is 0. The van der Waals surface area contributed by atoms with Gasteiger partial charge < -0.3 is 9.73 Å². The Hall–Kier alpha value is -2.09. The summed E-state index contributed by atoms with van der Waals surface area (Å²) in [4.78, 5) is 12.2. The summed E-state index contributed by atoms with van der Waals surface area (Å²) in [5.41, 5.74) is 0.562. The van der Waals surface area contributed by atoms with Gasteiger partial charge in [0.2, 0.25) is 14.9 Å². The maximum atomic E-state index is 12.5. The minimum atomic E-state index is -3.86. The van der Waals surface area contributed by atoms with Crippen LogP contribution < -0.4 is 5.32 Å². The third kappa shape index (κ3) is 3.95. The van der Waals surface area contributed by atoms with Crippen molar-refractivity contribution < 1.29 is 17.6 Å². The molecule has 128 valence electrons. The van der Waals surface area contributed by atoms with Crippen molar-refractivity contribution in [2.45, 2.75) is 9.99 Å². The largest absolute Gasteiger partial charge is 0.439 e. The van der Waals surface area contributed by atoms with Gasteiger partial charge in [-0.2, -0.15) is 0 Å². The zero-order valence-electron chi connectivity index (χ0n) is 12.6. The summed E-state index contributed by atoms with van der Waals surface area (Å²) < 4.78 is 31.1. The molecule has 0 saturated carbocycles. The molecule has 0 saturated heterocycles. The van der Waals surface area contributed by atoms with Crippen LogP contribution in [0.1, 0.15) is 10.6 Å². The number of nitrogens with one attached hydrogen (secondary N) is 1. The summed E-state index contributed by atoms with van der Waals surface area (Å²) in [6.45, 7) is 0. The van der Waals surface area contributed by atoms with Crippen molar-refractivity contribution in [2.75, 3.05) is 5.32 Å². The molecule has 1 N–H and O–H groups in total. The minimum Gasteiger partial charge on any atom is -0.439 e. The lowest BCUT2D eigenvalue weighted by Gasteiger charge is -2.03. The van der Waals surface area contributed by atoms with E-state index in [-0.39, 0.29) is 15.7 Å². The fraction of sp³-hybridized carbons (Fsp3) is 0. The third-order valence-electron chi connectivity index (χ3n) is 3.30. The molecule has 0 aliphatic rings. The first kappa shape index (κ1) is 17.7. The first-order chi connectivity index (χ1) is 11.9. The first-order valence-corrected chi connectivity index (χ1v) is 9.69. The number of sulfone groups is 1. The molecule has 1 amide bonds. The number of benzene rings is 2. The Labute approximate surface area is 157 Å². The Morgan fingerprint density at radius 1 is 0.960 bits per heavy atom. The molecule has 0 spiro atoms. The predicted octanol–water partition coefficient (Wildman–Crippen LogP) is 4.78. The van der Waals surface area contributed by atoms with Crippen LogP contribution in [0.4, 0.5) is 5.69 Å². The molecule has 3 rings (SSSR count). The normalized spacial score (nSPS) is 11.3. The number of hydrogen-bond acceptors (Lipinski definition) is 4. The van der Waals surface area contributed by atoms with E-state index in [0.717, 1.165) is 4.47 Å². The summed E-state index contributed by atoms with van der Waals surface area (Å²) in [5.74, 6) is -0.643. The van der Waals surface area contributed by atoms with Gasteiger partial charge in [0.15, 0.2) is 5.76 Å². The minimum absolute atomic E-state index is 0.0334. The number of furan rings is 1. The van der Waals surface area contributed by atoms with Crippen LogP contribution >= 0.6 is 27.5 Å². The van der Waals surface area contributed by atoms with Gasteiger partial charge >= 0.3 is 0 Å². The number of hydrogen-bond donors (Lipinski definition) is 1. The van der Waals surface area contributed by atoms with Crippen LogP contribution in [0.5, 0.6) is 0 Å². The Kier molecular flexibility index (Phi) is 4.99. The van der Waals surface area contributed by atoms with Crippen molar-refractivity contribution in [1.82, 2.24) is 0 Å². The van der Waals surface area contributed by atoms with Crippen LogP contribution in [0.25, 0.3) is 0 Å². The Morgan fingerprint density at radius 3 is 2.24 bits per heavy atom. The molecule has 0 bridgehead atoms. The van der Waals surface area contributed by atoms with Crippen LogP contribution in [0, 0.1) is 0 Å². The van der Waals surface area contributed by atoms with Crippen molar-refractivity contribution in [2.24, 2.45) is 0 Å². The van der Waals surface area contributed by atoms with Crippen molar-refractivity contribution in [3.05, 3.63) is 75.9 Å². The predicted molar refractivity (Wildman–Crippen MR) is 97.7 cm³/mol. The van der Waals surface area contributed by atoms with E-state index in [0.29, 0.717) is 10.7 Å². The van der Waals surface area contributed by atoms with Gasteiger partial charge in [0, 0.05) is 15.2 Å². The lowest BCUT2D eigenvalue weighted by Crippen LogP contribution is -2.10. The van der Waals surface area contributed by atoms with Crippen molar-refractivity contribution in [1.29, 1.82) is 0 Å². The molecule has 0 aliphatic heterocycles. The summed E-state index contributed by atoms with van der Waals surface area (Å²) in [7, 11) is -3.86. The van der Waals surface area contributed by atoms with E-state index in [2.05, 4.69) is 21.2 Å². The van der Waals surface area contributed by atoms with Crippen molar-refractivity contribution >= 4 is 49.0 Å².